The van der Waals surface area contributed by atoms with Gasteiger partial charge in [0.05, 0.1) is 12.0 Å². The van der Waals surface area contributed by atoms with Crippen molar-refractivity contribution in [3.63, 3.8) is 0 Å². The van der Waals surface area contributed by atoms with Gasteiger partial charge < -0.3 is 4.90 Å². The van der Waals surface area contributed by atoms with Crippen molar-refractivity contribution in [2.24, 2.45) is 16.7 Å². The van der Waals surface area contributed by atoms with Crippen LogP contribution in [-0.2, 0) is 4.79 Å². The summed E-state index contributed by atoms with van der Waals surface area (Å²) in [5, 5.41) is 9.75. The molecule has 0 bridgehead atoms. The third-order valence-electron chi connectivity index (χ3n) is 5.52. The molecule has 0 radical (unpaired) electrons. The molecule has 3 amide bonds. The maximum atomic E-state index is 12.2. The van der Waals surface area contributed by atoms with Gasteiger partial charge in [-0.2, -0.15) is 5.26 Å². The number of nitrogens with zero attached hydrogens (tertiary/aromatic N) is 3. The lowest BCUT2D eigenvalue weighted by Crippen LogP contribution is -2.81. The van der Waals surface area contributed by atoms with Crippen LogP contribution in [0.15, 0.2) is 0 Å². The van der Waals surface area contributed by atoms with Crippen molar-refractivity contribution < 1.29 is 9.59 Å². The van der Waals surface area contributed by atoms with Gasteiger partial charge in [-0.25, -0.2) is 4.79 Å². The first kappa shape index (κ1) is 13.9. The summed E-state index contributed by atoms with van der Waals surface area (Å²) in [6, 6.07) is 1.91. The van der Waals surface area contributed by atoms with Gasteiger partial charge in [0.2, 0.25) is 5.91 Å². The van der Waals surface area contributed by atoms with Crippen LogP contribution in [0.4, 0.5) is 4.79 Å². The van der Waals surface area contributed by atoms with Gasteiger partial charge in [0.15, 0.2) is 0 Å². The van der Waals surface area contributed by atoms with Crippen molar-refractivity contribution >= 4 is 11.9 Å². The molecule has 0 N–H and O–H groups in total. The average molecular weight is 263 g/mol. The largest absolute Gasteiger partial charge is 0.327 e. The predicted molar refractivity (Wildman–Crippen MR) is 69.9 cm³/mol. The Kier molecular flexibility index (Phi) is 2.55. The molecule has 2 fully saturated rings. The summed E-state index contributed by atoms with van der Waals surface area (Å²) in [6.07, 6.45) is 0.644. The van der Waals surface area contributed by atoms with E-state index in [0.717, 1.165) is 4.90 Å². The second-order valence-electron chi connectivity index (χ2n) is 6.96. The molecule has 5 heteroatoms. The first-order valence-electron chi connectivity index (χ1n) is 6.51. The monoisotopic (exact) mass is 263 g/mol. The molecule has 0 aromatic rings. The third-order valence-corrected chi connectivity index (χ3v) is 5.52. The maximum Gasteiger partial charge on any atom is 0.327 e. The lowest BCUT2D eigenvalue weighted by atomic mass is 9.40. The van der Waals surface area contributed by atoms with Crippen LogP contribution in [-0.4, -0.2) is 41.4 Å². The minimum absolute atomic E-state index is 0.163. The number of carbonyl (C=O) groups excluding carboxylic acids is 2. The van der Waals surface area contributed by atoms with E-state index in [4.69, 9.17) is 0 Å². The molecule has 3 unspecified atom stereocenters. The molecule has 0 aromatic heterocycles. The summed E-state index contributed by atoms with van der Waals surface area (Å²) in [6.45, 7) is 8.19. The van der Waals surface area contributed by atoms with Gasteiger partial charge in [-0.15, -0.1) is 0 Å². The zero-order valence-corrected chi connectivity index (χ0v) is 12.4. The molecule has 0 aromatic carbocycles. The van der Waals surface area contributed by atoms with Crippen LogP contribution in [0.5, 0.6) is 0 Å². The van der Waals surface area contributed by atoms with E-state index in [-0.39, 0.29) is 16.7 Å². The quantitative estimate of drug-likeness (QED) is 0.670. The SMILES string of the molecule is CN1C(=O)C2CC(C)(C(C)(C)C)C2(C#N)N(C)C1=O. The van der Waals surface area contributed by atoms with Gasteiger partial charge in [-0.3, -0.25) is 9.69 Å². The highest BCUT2D eigenvalue weighted by atomic mass is 16.2. The number of nitriles is 1. The predicted octanol–water partition coefficient (Wildman–Crippen LogP) is 1.84. The van der Waals surface area contributed by atoms with Crippen molar-refractivity contribution in [3.8, 4) is 6.07 Å². The van der Waals surface area contributed by atoms with E-state index in [0.29, 0.717) is 6.42 Å². The molecular formula is C14H21N3O2. The minimum Gasteiger partial charge on any atom is -0.307 e. The molecule has 1 saturated heterocycles. The Morgan fingerprint density at radius 3 is 2.26 bits per heavy atom. The van der Waals surface area contributed by atoms with E-state index in [1.807, 2.05) is 6.92 Å². The molecular weight excluding hydrogens is 242 g/mol. The van der Waals surface area contributed by atoms with E-state index < -0.39 is 17.5 Å². The zero-order valence-electron chi connectivity index (χ0n) is 12.4. The Morgan fingerprint density at radius 1 is 1.32 bits per heavy atom. The number of urea groups is 1. The number of hydrogen-bond acceptors (Lipinski definition) is 3. The molecule has 0 spiro atoms. The third kappa shape index (κ3) is 1.24. The van der Waals surface area contributed by atoms with Crippen LogP contribution >= 0.6 is 0 Å². The Morgan fingerprint density at radius 2 is 1.84 bits per heavy atom. The summed E-state index contributed by atoms with van der Waals surface area (Å²) in [7, 11) is 3.11. The zero-order chi connectivity index (χ0) is 14.8. The van der Waals surface area contributed by atoms with Gasteiger partial charge in [0.25, 0.3) is 0 Å². The molecule has 1 aliphatic carbocycles. The summed E-state index contributed by atoms with van der Waals surface area (Å²) >= 11 is 0. The number of rotatable bonds is 0. The summed E-state index contributed by atoms with van der Waals surface area (Å²) in [5.41, 5.74) is -1.57. The minimum atomic E-state index is -1.02. The molecule has 104 valence electrons. The van der Waals surface area contributed by atoms with Gasteiger partial charge in [0.1, 0.15) is 5.54 Å². The Labute approximate surface area is 114 Å². The van der Waals surface area contributed by atoms with E-state index >= 15 is 0 Å². The first-order chi connectivity index (χ1) is 8.54. The summed E-state index contributed by atoms with van der Waals surface area (Å²) < 4.78 is 0. The van der Waals surface area contributed by atoms with Crippen molar-refractivity contribution in [2.45, 2.75) is 39.7 Å². The lowest BCUT2D eigenvalue weighted by molar-refractivity contribution is -0.192. The lowest BCUT2D eigenvalue weighted by Gasteiger charge is -2.68. The van der Waals surface area contributed by atoms with E-state index in [2.05, 4.69) is 26.8 Å². The van der Waals surface area contributed by atoms with Gasteiger partial charge in [0, 0.05) is 19.5 Å². The fraction of sp³-hybridized carbons (Fsp3) is 0.786. The number of imide groups is 1. The van der Waals surface area contributed by atoms with Crippen LogP contribution in [0.25, 0.3) is 0 Å². The van der Waals surface area contributed by atoms with E-state index in [9.17, 15) is 14.9 Å². The second kappa shape index (κ2) is 3.50. The summed E-state index contributed by atoms with van der Waals surface area (Å²) in [5.74, 6) is -0.638. The smallest absolute Gasteiger partial charge is 0.307 e. The summed E-state index contributed by atoms with van der Waals surface area (Å²) in [4.78, 5) is 27.0. The molecule has 1 heterocycles. The number of fused-ring (bicyclic) bond motifs is 1. The van der Waals surface area contributed by atoms with E-state index in [1.165, 1.54) is 11.9 Å². The Bertz CT molecular complexity index is 482. The normalized spacial score (nSPS) is 38.7. The van der Waals surface area contributed by atoms with Gasteiger partial charge in [-0.05, 0) is 11.8 Å². The highest BCUT2D eigenvalue weighted by Crippen LogP contribution is 2.66. The van der Waals surface area contributed by atoms with Crippen molar-refractivity contribution in [2.75, 3.05) is 14.1 Å². The second-order valence-corrected chi connectivity index (χ2v) is 6.96. The molecule has 2 rings (SSSR count). The fourth-order valence-electron chi connectivity index (χ4n) is 3.69. The molecule has 1 aliphatic heterocycles. The number of amides is 3. The topological polar surface area (TPSA) is 64.4 Å². The van der Waals surface area contributed by atoms with Gasteiger partial charge in [-0.1, -0.05) is 27.7 Å². The number of hydrogen-bond donors (Lipinski definition) is 0. The van der Waals surface area contributed by atoms with Crippen LogP contribution in [0, 0.1) is 28.1 Å². The average Bonchev–Trinajstić information content (AvgIpc) is 2.31. The van der Waals surface area contributed by atoms with Crippen LogP contribution < -0.4 is 0 Å². The molecule has 19 heavy (non-hydrogen) atoms. The molecule has 1 saturated carbocycles. The Balaban J connectivity index is 2.59. The standard InChI is InChI=1S/C14H21N3O2/c1-12(2,3)13(4)7-9-10(18)16(5)11(19)17(6)14(9,13)8-15/h9H,7H2,1-6H3. The van der Waals surface area contributed by atoms with Gasteiger partial charge >= 0.3 is 6.03 Å². The van der Waals surface area contributed by atoms with Crippen LogP contribution in [0.2, 0.25) is 0 Å². The highest BCUT2D eigenvalue weighted by Gasteiger charge is 2.75. The fourth-order valence-corrected chi connectivity index (χ4v) is 3.69. The maximum absolute atomic E-state index is 12.2. The van der Waals surface area contributed by atoms with Crippen molar-refractivity contribution in [1.82, 2.24) is 9.80 Å². The molecule has 5 nitrogen and oxygen atoms in total. The molecule has 2 aliphatic rings. The van der Waals surface area contributed by atoms with E-state index in [1.54, 1.807) is 7.05 Å². The van der Waals surface area contributed by atoms with Crippen molar-refractivity contribution in [3.05, 3.63) is 0 Å². The number of carbonyl (C=O) groups is 2. The van der Waals surface area contributed by atoms with Crippen LogP contribution in [0.3, 0.4) is 0 Å². The Hall–Kier alpha value is -1.57. The molecule has 3 atom stereocenters. The van der Waals surface area contributed by atoms with Crippen molar-refractivity contribution in [1.29, 1.82) is 5.26 Å². The highest BCUT2D eigenvalue weighted by molar-refractivity contribution is 6.01. The van der Waals surface area contributed by atoms with Crippen LogP contribution in [0.1, 0.15) is 34.1 Å². The first-order valence-corrected chi connectivity index (χ1v) is 6.51.